The highest BCUT2D eigenvalue weighted by Crippen LogP contribution is 2.27. The third kappa shape index (κ3) is 3.97. The fourth-order valence-corrected chi connectivity index (χ4v) is 2.06. The molecule has 0 aromatic heterocycles. The Morgan fingerprint density at radius 3 is 2.07 bits per heavy atom. The zero-order chi connectivity index (χ0) is 10.4. The van der Waals surface area contributed by atoms with Crippen molar-refractivity contribution in [2.75, 3.05) is 19.6 Å². The van der Waals surface area contributed by atoms with Gasteiger partial charge in [0.2, 0.25) is 0 Å². The normalized spacial score (nSPS) is 25.7. The Bertz CT molecular complexity index is 143. The minimum Gasteiger partial charge on any atom is -0.368 e. The first kappa shape index (κ1) is 12.0. The molecule has 0 aliphatic carbocycles. The fraction of sp³-hybridized carbons (Fsp3) is 1.00. The van der Waals surface area contributed by atoms with Crippen molar-refractivity contribution in [1.29, 1.82) is 0 Å². The summed E-state index contributed by atoms with van der Waals surface area (Å²) < 4.78 is 5.64. The molecule has 1 aliphatic rings. The van der Waals surface area contributed by atoms with Crippen molar-refractivity contribution in [3.63, 3.8) is 0 Å². The summed E-state index contributed by atoms with van der Waals surface area (Å²) in [6, 6.07) is 0. The van der Waals surface area contributed by atoms with Gasteiger partial charge in [0.15, 0.2) is 0 Å². The summed E-state index contributed by atoms with van der Waals surface area (Å²) in [4.78, 5) is 2.54. The van der Waals surface area contributed by atoms with Crippen LogP contribution in [0, 0.1) is 0 Å². The second kappa shape index (κ2) is 6.41. The molecule has 1 heterocycles. The van der Waals surface area contributed by atoms with Crippen molar-refractivity contribution in [2.24, 2.45) is 0 Å². The van der Waals surface area contributed by atoms with Crippen molar-refractivity contribution < 1.29 is 4.74 Å². The molecule has 0 aromatic rings. The molecule has 2 heteroatoms. The van der Waals surface area contributed by atoms with Gasteiger partial charge in [-0.1, -0.05) is 27.2 Å². The second-order valence-corrected chi connectivity index (χ2v) is 4.30. The van der Waals surface area contributed by atoms with Gasteiger partial charge >= 0.3 is 0 Å². The molecule has 0 spiro atoms. The summed E-state index contributed by atoms with van der Waals surface area (Å²) in [5, 5.41) is 0. The fourth-order valence-electron chi connectivity index (χ4n) is 2.06. The van der Waals surface area contributed by atoms with Crippen LogP contribution in [0.1, 0.15) is 46.5 Å². The lowest BCUT2D eigenvalue weighted by atomic mass is 10.2. The highest BCUT2D eigenvalue weighted by Gasteiger charge is 2.38. The van der Waals surface area contributed by atoms with Gasteiger partial charge in [-0.2, -0.15) is 0 Å². The van der Waals surface area contributed by atoms with Crippen molar-refractivity contribution in [3.8, 4) is 0 Å². The van der Waals surface area contributed by atoms with E-state index in [1.807, 2.05) is 0 Å². The SMILES string of the molecule is CCC[C@H]1O[C@@H]1CN(CCC)CCC. The Kier molecular flexibility index (Phi) is 5.49. The Morgan fingerprint density at radius 2 is 1.57 bits per heavy atom. The zero-order valence-corrected chi connectivity index (χ0v) is 9.96. The van der Waals surface area contributed by atoms with Crippen molar-refractivity contribution in [3.05, 3.63) is 0 Å². The monoisotopic (exact) mass is 199 g/mol. The predicted octanol–water partition coefficient (Wildman–Crippen LogP) is 2.68. The van der Waals surface area contributed by atoms with Crippen LogP contribution in [0.25, 0.3) is 0 Å². The maximum absolute atomic E-state index is 5.64. The minimum absolute atomic E-state index is 0.549. The topological polar surface area (TPSA) is 15.8 Å². The van der Waals surface area contributed by atoms with Gasteiger partial charge in [-0.15, -0.1) is 0 Å². The van der Waals surface area contributed by atoms with E-state index in [-0.39, 0.29) is 0 Å². The zero-order valence-electron chi connectivity index (χ0n) is 9.96. The van der Waals surface area contributed by atoms with E-state index in [1.165, 1.54) is 38.8 Å². The summed E-state index contributed by atoms with van der Waals surface area (Å²) in [5.41, 5.74) is 0. The van der Waals surface area contributed by atoms with Crippen molar-refractivity contribution >= 4 is 0 Å². The smallest absolute Gasteiger partial charge is 0.0968 e. The molecule has 0 amide bonds. The van der Waals surface area contributed by atoms with E-state index in [4.69, 9.17) is 4.74 Å². The summed E-state index contributed by atoms with van der Waals surface area (Å²) >= 11 is 0. The highest BCUT2D eigenvalue weighted by atomic mass is 16.6. The standard InChI is InChI=1S/C12H25NO/c1-4-7-11-12(14-11)10-13(8-5-2)9-6-3/h11-12H,4-10H2,1-3H3/t11-,12-/m1/s1. The van der Waals surface area contributed by atoms with Crippen LogP contribution in [0.2, 0.25) is 0 Å². The summed E-state index contributed by atoms with van der Waals surface area (Å²) in [6.07, 6.45) is 6.14. The molecule has 0 aromatic carbocycles. The van der Waals surface area contributed by atoms with Gasteiger partial charge < -0.3 is 9.64 Å². The minimum atomic E-state index is 0.549. The number of hydrogen-bond acceptors (Lipinski definition) is 2. The summed E-state index contributed by atoms with van der Waals surface area (Å²) in [7, 11) is 0. The van der Waals surface area contributed by atoms with Crippen LogP contribution in [0.15, 0.2) is 0 Å². The van der Waals surface area contributed by atoms with Gasteiger partial charge in [0.25, 0.3) is 0 Å². The van der Waals surface area contributed by atoms with Gasteiger partial charge in [0, 0.05) is 6.54 Å². The third-order valence-corrected chi connectivity index (χ3v) is 2.78. The number of rotatable bonds is 8. The Morgan fingerprint density at radius 1 is 0.929 bits per heavy atom. The van der Waals surface area contributed by atoms with Crippen LogP contribution in [0.4, 0.5) is 0 Å². The molecule has 14 heavy (non-hydrogen) atoms. The molecule has 2 nitrogen and oxygen atoms in total. The molecule has 0 bridgehead atoms. The van der Waals surface area contributed by atoms with Crippen LogP contribution in [0.5, 0.6) is 0 Å². The van der Waals surface area contributed by atoms with E-state index < -0.39 is 0 Å². The number of hydrogen-bond donors (Lipinski definition) is 0. The third-order valence-electron chi connectivity index (χ3n) is 2.78. The first-order valence-electron chi connectivity index (χ1n) is 6.19. The molecular weight excluding hydrogens is 174 g/mol. The van der Waals surface area contributed by atoms with Crippen LogP contribution in [-0.4, -0.2) is 36.7 Å². The van der Waals surface area contributed by atoms with Crippen LogP contribution in [-0.2, 0) is 4.74 Å². The molecule has 0 saturated carbocycles. The number of nitrogens with zero attached hydrogens (tertiary/aromatic N) is 1. The van der Waals surface area contributed by atoms with E-state index in [2.05, 4.69) is 25.7 Å². The molecule has 2 atom stereocenters. The van der Waals surface area contributed by atoms with E-state index in [1.54, 1.807) is 0 Å². The van der Waals surface area contributed by atoms with Gasteiger partial charge in [-0.3, -0.25) is 0 Å². The van der Waals surface area contributed by atoms with Gasteiger partial charge in [-0.25, -0.2) is 0 Å². The lowest BCUT2D eigenvalue weighted by molar-refractivity contribution is 0.241. The maximum Gasteiger partial charge on any atom is 0.0968 e. The first-order valence-corrected chi connectivity index (χ1v) is 6.19. The van der Waals surface area contributed by atoms with Crippen LogP contribution >= 0.6 is 0 Å². The molecule has 1 saturated heterocycles. The van der Waals surface area contributed by atoms with E-state index >= 15 is 0 Å². The van der Waals surface area contributed by atoms with Crippen LogP contribution < -0.4 is 0 Å². The Hall–Kier alpha value is -0.0800. The van der Waals surface area contributed by atoms with Crippen molar-refractivity contribution in [2.45, 2.75) is 58.7 Å². The molecular formula is C12H25NO. The maximum atomic E-state index is 5.64. The molecule has 84 valence electrons. The van der Waals surface area contributed by atoms with E-state index in [0.717, 1.165) is 6.54 Å². The number of ether oxygens (including phenoxy) is 1. The highest BCUT2D eigenvalue weighted by molar-refractivity contribution is 4.86. The van der Waals surface area contributed by atoms with Crippen LogP contribution in [0.3, 0.4) is 0 Å². The molecule has 1 fully saturated rings. The lowest BCUT2D eigenvalue weighted by Gasteiger charge is -2.19. The molecule has 1 aliphatic heterocycles. The quantitative estimate of drug-likeness (QED) is 0.559. The Balaban J connectivity index is 2.14. The van der Waals surface area contributed by atoms with Gasteiger partial charge in [0.05, 0.1) is 12.2 Å². The molecule has 1 rings (SSSR count). The molecule has 0 N–H and O–H groups in total. The summed E-state index contributed by atoms with van der Waals surface area (Å²) in [6.45, 7) is 10.3. The average Bonchev–Trinajstić information content (AvgIpc) is 2.85. The van der Waals surface area contributed by atoms with E-state index in [9.17, 15) is 0 Å². The van der Waals surface area contributed by atoms with Gasteiger partial charge in [-0.05, 0) is 32.4 Å². The summed E-state index contributed by atoms with van der Waals surface area (Å²) in [5.74, 6) is 0. The lowest BCUT2D eigenvalue weighted by Crippen LogP contribution is -2.30. The molecule has 0 unspecified atom stereocenters. The molecule has 0 radical (unpaired) electrons. The van der Waals surface area contributed by atoms with Crippen molar-refractivity contribution in [1.82, 2.24) is 4.90 Å². The second-order valence-electron chi connectivity index (χ2n) is 4.30. The van der Waals surface area contributed by atoms with Gasteiger partial charge in [0.1, 0.15) is 0 Å². The number of epoxide rings is 1. The largest absolute Gasteiger partial charge is 0.368 e. The Labute approximate surface area is 88.6 Å². The predicted molar refractivity (Wildman–Crippen MR) is 60.6 cm³/mol. The first-order chi connectivity index (χ1) is 6.81. The van der Waals surface area contributed by atoms with E-state index in [0.29, 0.717) is 12.2 Å². The average molecular weight is 199 g/mol.